The van der Waals surface area contributed by atoms with Crippen molar-refractivity contribution in [1.82, 2.24) is 0 Å². The van der Waals surface area contributed by atoms with Gasteiger partial charge in [-0.2, -0.15) is 0 Å². The van der Waals surface area contributed by atoms with Crippen LogP contribution in [0.3, 0.4) is 0 Å². The van der Waals surface area contributed by atoms with Gasteiger partial charge in [-0.25, -0.2) is 0 Å². The van der Waals surface area contributed by atoms with Gasteiger partial charge in [0, 0.05) is 5.54 Å². The van der Waals surface area contributed by atoms with Crippen molar-refractivity contribution in [3.05, 3.63) is 0 Å². The third kappa shape index (κ3) is 6.03. The monoisotopic (exact) mass is 175 g/mol. The van der Waals surface area contributed by atoms with Gasteiger partial charge in [-0.3, -0.25) is 4.63 Å². The highest BCUT2D eigenvalue weighted by molar-refractivity contribution is 6.30. The fraction of sp³-hybridized carbons (Fsp3) is 1.00. The van der Waals surface area contributed by atoms with E-state index in [2.05, 4.69) is 4.63 Å². The molecule has 0 fully saturated rings. The normalized spacial score (nSPS) is 13.0. The molecular formula is C7H17NO2Si. The number of rotatable bonds is 3. The minimum atomic E-state index is -1.37. The van der Waals surface area contributed by atoms with Crippen LogP contribution in [0.1, 0.15) is 27.7 Å². The largest absolute Gasteiger partial charge is 0.613 e. The second-order valence-corrected chi connectivity index (χ2v) is 4.64. The minimum Gasteiger partial charge on any atom is -0.513 e. The number of nitrogens with zero attached hydrogens (tertiary/aromatic N) is 1. The van der Waals surface area contributed by atoms with E-state index < -0.39 is 9.08 Å². The van der Waals surface area contributed by atoms with E-state index in [0.29, 0.717) is 6.61 Å². The Morgan fingerprint density at radius 3 is 2.18 bits per heavy atom. The highest BCUT2D eigenvalue weighted by Gasteiger charge is 2.13. The minimum absolute atomic E-state index is 0.0561. The van der Waals surface area contributed by atoms with Crippen molar-refractivity contribution in [3.63, 3.8) is 0 Å². The first-order valence-electron chi connectivity index (χ1n) is 3.76. The fourth-order valence-corrected chi connectivity index (χ4v) is 1.60. The van der Waals surface area contributed by atoms with Crippen molar-refractivity contribution in [2.24, 2.45) is 4.63 Å². The molecule has 0 bridgehead atoms. The van der Waals surface area contributed by atoms with E-state index in [0.717, 1.165) is 0 Å². The van der Waals surface area contributed by atoms with Gasteiger partial charge in [0.25, 0.3) is 0 Å². The summed E-state index contributed by atoms with van der Waals surface area (Å²) in [5.41, 5.74) is -0.0561. The molecule has 0 atom stereocenters. The summed E-state index contributed by atoms with van der Waals surface area (Å²) in [6.45, 7) is 8.73. The van der Waals surface area contributed by atoms with Crippen LogP contribution in [0.4, 0.5) is 0 Å². The van der Waals surface area contributed by atoms with Crippen LogP contribution in [-0.2, 0) is 8.85 Å². The number of hydrogen-bond donors (Lipinski definition) is 0. The first-order valence-corrected chi connectivity index (χ1v) is 5.02. The van der Waals surface area contributed by atoms with Crippen LogP contribution in [-0.4, -0.2) is 28.3 Å². The molecule has 11 heavy (non-hydrogen) atoms. The zero-order valence-electron chi connectivity index (χ0n) is 7.97. The molecule has 0 spiro atoms. The summed E-state index contributed by atoms with van der Waals surface area (Å²) in [4.78, 5) is 0. The third-order valence-corrected chi connectivity index (χ3v) is 2.61. The lowest BCUT2D eigenvalue weighted by molar-refractivity contribution is 0.249. The molecule has 0 aliphatic rings. The second kappa shape index (κ2) is 4.49. The molecule has 0 saturated heterocycles. The van der Waals surface area contributed by atoms with E-state index >= 15 is 0 Å². The Balaban J connectivity index is 4.11. The van der Waals surface area contributed by atoms with Gasteiger partial charge < -0.3 is 8.85 Å². The molecule has 0 aromatic rings. The molecule has 0 aliphatic carbocycles. The first-order chi connectivity index (χ1) is 4.99. The Morgan fingerprint density at radius 2 is 1.91 bits per heavy atom. The van der Waals surface area contributed by atoms with Gasteiger partial charge in [0.15, 0.2) is 0 Å². The smallest absolute Gasteiger partial charge is 0.513 e. The van der Waals surface area contributed by atoms with Gasteiger partial charge in [0.05, 0.1) is 13.7 Å². The Bertz CT molecular complexity index is 140. The van der Waals surface area contributed by atoms with Crippen molar-refractivity contribution in [2.45, 2.75) is 33.2 Å². The maximum absolute atomic E-state index is 5.28. The SMILES string of the molecule is CCO[Si](=NC(C)(C)C)OC. The molecule has 0 rings (SSSR count). The standard InChI is InChI=1S/C7H17NO2Si/c1-6-10-11(9-5)8-7(2,3)4/h6H2,1-5H3. The quantitative estimate of drug-likeness (QED) is 0.611. The highest BCUT2D eigenvalue weighted by Crippen LogP contribution is 2.06. The van der Waals surface area contributed by atoms with Crippen molar-refractivity contribution < 1.29 is 8.85 Å². The lowest BCUT2D eigenvalue weighted by Crippen LogP contribution is -2.19. The average molecular weight is 175 g/mol. The van der Waals surface area contributed by atoms with E-state index in [-0.39, 0.29) is 5.54 Å². The Labute approximate surface area is 70.3 Å². The summed E-state index contributed by atoms with van der Waals surface area (Å²) in [5, 5.41) is 0. The van der Waals surface area contributed by atoms with E-state index in [9.17, 15) is 0 Å². The Kier molecular flexibility index (Phi) is 4.33. The molecule has 0 saturated carbocycles. The summed E-state index contributed by atoms with van der Waals surface area (Å²) in [6, 6.07) is 0. The van der Waals surface area contributed by atoms with Gasteiger partial charge in [-0.1, -0.05) is 0 Å². The fourth-order valence-electron chi connectivity index (χ4n) is 0.534. The summed E-state index contributed by atoms with van der Waals surface area (Å²) >= 11 is 0. The van der Waals surface area contributed by atoms with Crippen LogP contribution in [0.15, 0.2) is 4.63 Å². The van der Waals surface area contributed by atoms with Crippen molar-refractivity contribution >= 4 is 9.08 Å². The van der Waals surface area contributed by atoms with Crippen LogP contribution in [0.5, 0.6) is 0 Å². The zero-order chi connectivity index (χ0) is 8.91. The van der Waals surface area contributed by atoms with E-state index in [1.807, 2.05) is 27.7 Å². The molecule has 3 nitrogen and oxygen atoms in total. The predicted octanol–water partition coefficient (Wildman–Crippen LogP) is 1.72. The summed E-state index contributed by atoms with van der Waals surface area (Å²) < 4.78 is 14.7. The Hall–Kier alpha value is -0.383. The van der Waals surface area contributed by atoms with Crippen molar-refractivity contribution in [2.75, 3.05) is 13.7 Å². The van der Waals surface area contributed by atoms with E-state index in [1.54, 1.807) is 7.11 Å². The van der Waals surface area contributed by atoms with Crippen LogP contribution in [0.25, 0.3) is 0 Å². The number of hydrogen-bond acceptors (Lipinski definition) is 3. The summed E-state index contributed by atoms with van der Waals surface area (Å²) in [5.74, 6) is 0. The van der Waals surface area contributed by atoms with Crippen LogP contribution < -0.4 is 0 Å². The highest BCUT2D eigenvalue weighted by atomic mass is 28.3. The lowest BCUT2D eigenvalue weighted by atomic mass is 10.1. The molecule has 0 radical (unpaired) electrons. The van der Waals surface area contributed by atoms with Crippen LogP contribution in [0.2, 0.25) is 0 Å². The van der Waals surface area contributed by atoms with Gasteiger partial charge in [0.1, 0.15) is 0 Å². The predicted molar refractivity (Wildman–Crippen MR) is 46.6 cm³/mol. The zero-order valence-corrected chi connectivity index (χ0v) is 8.97. The molecule has 0 N–H and O–H groups in total. The van der Waals surface area contributed by atoms with Crippen molar-refractivity contribution in [3.8, 4) is 0 Å². The topological polar surface area (TPSA) is 30.8 Å². The van der Waals surface area contributed by atoms with E-state index in [1.165, 1.54) is 0 Å². The first kappa shape index (κ1) is 10.6. The molecule has 0 amide bonds. The second-order valence-electron chi connectivity index (χ2n) is 3.19. The molecule has 0 aromatic carbocycles. The average Bonchev–Trinajstić information content (AvgIpc) is 1.84. The Morgan fingerprint density at radius 1 is 1.36 bits per heavy atom. The van der Waals surface area contributed by atoms with Gasteiger partial charge in [-0.05, 0) is 27.7 Å². The van der Waals surface area contributed by atoms with Crippen LogP contribution >= 0.6 is 0 Å². The van der Waals surface area contributed by atoms with E-state index in [4.69, 9.17) is 8.85 Å². The molecule has 0 aromatic heterocycles. The molecule has 0 unspecified atom stereocenters. The third-order valence-electron chi connectivity index (χ3n) is 0.869. The van der Waals surface area contributed by atoms with Gasteiger partial charge in [-0.15, -0.1) is 0 Å². The molecular weight excluding hydrogens is 158 g/mol. The molecule has 0 heterocycles. The maximum atomic E-state index is 5.28. The van der Waals surface area contributed by atoms with Gasteiger partial charge >= 0.3 is 9.08 Å². The van der Waals surface area contributed by atoms with Gasteiger partial charge in [0.2, 0.25) is 0 Å². The van der Waals surface area contributed by atoms with Crippen LogP contribution in [0, 0.1) is 0 Å². The maximum Gasteiger partial charge on any atom is 0.613 e. The molecule has 0 aliphatic heterocycles. The molecule has 4 heteroatoms. The summed E-state index contributed by atoms with van der Waals surface area (Å²) in [7, 11) is 0.271. The lowest BCUT2D eigenvalue weighted by Gasteiger charge is -2.13. The summed E-state index contributed by atoms with van der Waals surface area (Å²) in [6.07, 6.45) is 0. The van der Waals surface area contributed by atoms with Crippen molar-refractivity contribution in [1.29, 1.82) is 0 Å². The molecule has 66 valence electrons.